The van der Waals surface area contributed by atoms with Crippen molar-refractivity contribution < 1.29 is 4.74 Å². The van der Waals surface area contributed by atoms with Gasteiger partial charge in [-0.1, -0.05) is 0 Å². The SMILES string of the molecule is COCCCn1cc(CNC2CC2)c2nccc(C)c21. The van der Waals surface area contributed by atoms with Crippen molar-refractivity contribution in [3.8, 4) is 0 Å². The summed E-state index contributed by atoms with van der Waals surface area (Å²) in [6.45, 7) is 4.87. The van der Waals surface area contributed by atoms with Crippen LogP contribution in [-0.2, 0) is 17.8 Å². The number of aromatic nitrogens is 2. The first-order valence-corrected chi connectivity index (χ1v) is 7.45. The van der Waals surface area contributed by atoms with Gasteiger partial charge in [-0.2, -0.15) is 0 Å². The molecule has 1 fully saturated rings. The Morgan fingerprint density at radius 1 is 1.45 bits per heavy atom. The molecule has 4 heteroatoms. The fourth-order valence-corrected chi connectivity index (χ4v) is 2.69. The Morgan fingerprint density at radius 3 is 3.05 bits per heavy atom. The maximum absolute atomic E-state index is 5.16. The highest BCUT2D eigenvalue weighted by atomic mass is 16.5. The van der Waals surface area contributed by atoms with Crippen LogP contribution in [0.2, 0.25) is 0 Å². The van der Waals surface area contributed by atoms with Crippen LogP contribution in [0.1, 0.15) is 30.4 Å². The Hall–Kier alpha value is -1.39. The van der Waals surface area contributed by atoms with Gasteiger partial charge in [-0.25, -0.2) is 0 Å². The smallest absolute Gasteiger partial charge is 0.0928 e. The third kappa shape index (κ3) is 2.86. The second kappa shape index (κ2) is 5.94. The first-order valence-electron chi connectivity index (χ1n) is 7.45. The summed E-state index contributed by atoms with van der Waals surface area (Å²) in [6, 6.07) is 2.82. The number of nitrogens with one attached hydrogen (secondary N) is 1. The minimum absolute atomic E-state index is 0.728. The Kier molecular flexibility index (Phi) is 4.03. The van der Waals surface area contributed by atoms with Gasteiger partial charge in [0.05, 0.1) is 11.0 Å². The molecule has 0 radical (unpaired) electrons. The highest BCUT2D eigenvalue weighted by Gasteiger charge is 2.21. The number of fused-ring (bicyclic) bond motifs is 1. The quantitative estimate of drug-likeness (QED) is 0.788. The van der Waals surface area contributed by atoms with Crippen LogP contribution < -0.4 is 5.32 Å². The predicted molar refractivity (Wildman–Crippen MR) is 80.8 cm³/mol. The van der Waals surface area contributed by atoms with Crippen molar-refractivity contribution in [2.24, 2.45) is 0 Å². The van der Waals surface area contributed by atoms with Gasteiger partial charge in [-0.05, 0) is 37.8 Å². The molecule has 0 unspecified atom stereocenters. The molecule has 0 aliphatic heterocycles. The third-order valence-corrected chi connectivity index (χ3v) is 3.94. The maximum Gasteiger partial charge on any atom is 0.0928 e. The standard InChI is InChI=1S/C16H23N3O/c1-12-6-7-17-15-13(10-18-14-4-5-14)11-19(16(12)15)8-3-9-20-2/h6-7,11,14,18H,3-5,8-10H2,1-2H3. The molecule has 20 heavy (non-hydrogen) atoms. The van der Waals surface area contributed by atoms with Crippen LogP contribution in [-0.4, -0.2) is 29.3 Å². The number of ether oxygens (including phenoxy) is 1. The number of hydrogen-bond acceptors (Lipinski definition) is 3. The van der Waals surface area contributed by atoms with E-state index in [0.717, 1.165) is 37.7 Å². The maximum atomic E-state index is 5.16. The summed E-state index contributed by atoms with van der Waals surface area (Å²) in [6.07, 6.45) is 7.84. The molecule has 0 saturated heterocycles. The van der Waals surface area contributed by atoms with Crippen molar-refractivity contribution in [3.05, 3.63) is 29.6 Å². The number of nitrogens with zero attached hydrogens (tertiary/aromatic N) is 2. The highest BCUT2D eigenvalue weighted by molar-refractivity contribution is 5.82. The number of pyridine rings is 1. The Morgan fingerprint density at radius 2 is 2.30 bits per heavy atom. The molecule has 2 aromatic rings. The number of rotatable bonds is 7. The molecular weight excluding hydrogens is 250 g/mol. The summed E-state index contributed by atoms with van der Waals surface area (Å²) in [5.41, 5.74) is 5.03. The van der Waals surface area contributed by atoms with Crippen molar-refractivity contribution in [1.82, 2.24) is 14.9 Å². The fraction of sp³-hybridized carbons (Fsp3) is 0.562. The average molecular weight is 273 g/mol. The minimum atomic E-state index is 0.728. The van der Waals surface area contributed by atoms with E-state index in [4.69, 9.17) is 4.74 Å². The molecule has 1 aliphatic rings. The van der Waals surface area contributed by atoms with E-state index >= 15 is 0 Å². The van der Waals surface area contributed by atoms with Gasteiger partial charge in [0.2, 0.25) is 0 Å². The summed E-state index contributed by atoms with van der Waals surface area (Å²) in [5, 5.41) is 3.59. The Balaban J connectivity index is 1.87. The molecule has 0 bridgehead atoms. The molecule has 4 nitrogen and oxygen atoms in total. The van der Waals surface area contributed by atoms with E-state index in [1.54, 1.807) is 7.11 Å². The van der Waals surface area contributed by atoms with E-state index in [2.05, 4.69) is 34.1 Å². The van der Waals surface area contributed by atoms with E-state index in [-0.39, 0.29) is 0 Å². The van der Waals surface area contributed by atoms with E-state index in [1.165, 1.54) is 29.5 Å². The van der Waals surface area contributed by atoms with Crippen LogP contribution in [0.4, 0.5) is 0 Å². The number of methoxy groups -OCH3 is 1. The van der Waals surface area contributed by atoms with Gasteiger partial charge in [0.25, 0.3) is 0 Å². The average Bonchev–Trinajstić information content (AvgIpc) is 3.20. The first kappa shape index (κ1) is 13.6. The lowest BCUT2D eigenvalue weighted by atomic mass is 10.2. The van der Waals surface area contributed by atoms with E-state index in [1.807, 2.05) is 6.20 Å². The highest BCUT2D eigenvalue weighted by Crippen LogP contribution is 2.25. The van der Waals surface area contributed by atoms with Crippen LogP contribution in [0.15, 0.2) is 18.5 Å². The van der Waals surface area contributed by atoms with Gasteiger partial charge in [0, 0.05) is 50.8 Å². The topological polar surface area (TPSA) is 39.1 Å². The van der Waals surface area contributed by atoms with Crippen molar-refractivity contribution in [3.63, 3.8) is 0 Å². The monoisotopic (exact) mass is 273 g/mol. The summed E-state index contributed by atoms with van der Waals surface area (Å²) < 4.78 is 7.49. The van der Waals surface area contributed by atoms with Crippen LogP contribution >= 0.6 is 0 Å². The molecule has 2 aromatic heterocycles. The molecule has 0 spiro atoms. The van der Waals surface area contributed by atoms with Crippen molar-refractivity contribution >= 4 is 11.0 Å². The summed E-state index contributed by atoms with van der Waals surface area (Å²) in [7, 11) is 1.76. The minimum Gasteiger partial charge on any atom is -0.385 e. The van der Waals surface area contributed by atoms with Gasteiger partial charge in [-0.15, -0.1) is 0 Å². The van der Waals surface area contributed by atoms with Crippen LogP contribution in [0.5, 0.6) is 0 Å². The molecule has 0 atom stereocenters. The third-order valence-electron chi connectivity index (χ3n) is 3.94. The van der Waals surface area contributed by atoms with E-state index in [9.17, 15) is 0 Å². The summed E-state index contributed by atoms with van der Waals surface area (Å²) >= 11 is 0. The lowest BCUT2D eigenvalue weighted by Crippen LogP contribution is -2.15. The van der Waals surface area contributed by atoms with Gasteiger partial charge < -0.3 is 14.6 Å². The second-order valence-electron chi connectivity index (χ2n) is 5.67. The fourth-order valence-electron chi connectivity index (χ4n) is 2.69. The number of hydrogen-bond donors (Lipinski definition) is 1. The summed E-state index contributed by atoms with van der Waals surface area (Å²) in [4.78, 5) is 4.60. The zero-order valence-electron chi connectivity index (χ0n) is 12.4. The van der Waals surface area contributed by atoms with E-state index < -0.39 is 0 Å². The van der Waals surface area contributed by atoms with Gasteiger partial charge in [-0.3, -0.25) is 4.98 Å². The van der Waals surface area contributed by atoms with Gasteiger partial charge >= 0.3 is 0 Å². The molecule has 1 N–H and O–H groups in total. The molecule has 0 aromatic carbocycles. The number of aryl methyl sites for hydroxylation is 2. The zero-order valence-corrected chi connectivity index (χ0v) is 12.4. The largest absolute Gasteiger partial charge is 0.385 e. The molecule has 1 aliphatic carbocycles. The molecule has 108 valence electrons. The molecular formula is C16H23N3O. The Labute approximate surface area is 120 Å². The van der Waals surface area contributed by atoms with Crippen molar-refractivity contribution in [2.45, 2.75) is 45.3 Å². The van der Waals surface area contributed by atoms with Crippen LogP contribution in [0.25, 0.3) is 11.0 Å². The molecule has 1 saturated carbocycles. The lowest BCUT2D eigenvalue weighted by Gasteiger charge is -2.06. The summed E-state index contributed by atoms with van der Waals surface area (Å²) in [5.74, 6) is 0. The lowest BCUT2D eigenvalue weighted by molar-refractivity contribution is 0.190. The normalized spacial score (nSPS) is 15.1. The first-order chi connectivity index (χ1) is 9.79. The predicted octanol–water partition coefficient (Wildman–Crippen LogP) is 2.63. The second-order valence-corrected chi connectivity index (χ2v) is 5.67. The molecule has 3 rings (SSSR count). The van der Waals surface area contributed by atoms with Crippen LogP contribution in [0.3, 0.4) is 0 Å². The zero-order chi connectivity index (χ0) is 13.9. The van der Waals surface area contributed by atoms with Gasteiger partial charge in [0.1, 0.15) is 0 Å². The van der Waals surface area contributed by atoms with Crippen molar-refractivity contribution in [2.75, 3.05) is 13.7 Å². The molecule has 0 amide bonds. The van der Waals surface area contributed by atoms with E-state index in [0.29, 0.717) is 0 Å². The van der Waals surface area contributed by atoms with Crippen LogP contribution in [0, 0.1) is 6.92 Å². The Bertz CT molecular complexity index is 587. The van der Waals surface area contributed by atoms with Crippen molar-refractivity contribution in [1.29, 1.82) is 0 Å². The molecule has 2 heterocycles. The van der Waals surface area contributed by atoms with Gasteiger partial charge in [0.15, 0.2) is 0 Å².